The van der Waals surface area contributed by atoms with Gasteiger partial charge in [-0.3, -0.25) is 4.68 Å². The van der Waals surface area contributed by atoms with Crippen molar-refractivity contribution in [3.05, 3.63) is 47.2 Å². The van der Waals surface area contributed by atoms with Gasteiger partial charge < -0.3 is 20.5 Å². The van der Waals surface area contributed by atoms with Gasteiger partial charge in [-0.1, -0.05) is 11.6 Å². The molecule has 3 N–H and O–H groups in total. The van der Waals surface area contributed by atoms with E-state index < -0.39 is 5.60 Å². The summed E-state index contributed by atoms with van der Waals surface area (Å²) in [5.41, 5.74) is -0.359. The number of nitrogens with one attached hydrogen (secondary N) is 2. The Morgan fingerprint density at radius 1 is 1.33 bits per heavy atom. The van der Waals surface area contributed by atoms with Crippen LogP contribution in [-0.2, 0) is 12.6 Å². The van der Waals surface area contributed by atoms with Crippen LogP contribution in [0.2, 0.25) is 5.02 Å². The van der Waals surface area contributed by atoms with Crippen LogP contribution in [0.1, 0.15) is 19.4 Å². The van der Waals surface area contributed by atoms with Gasteiger partial charge in [-0.15, -0.1) is 24.0 Å². The third-order valence-electron chi connectivity index (χ3n) is 3.69. The Hall–Kier alpha value is -1.52. The minimum atomic E-state index is -1.09. The van der Waals surface area contributed by atoms with E-state index in [9.17, 15) is 5.11 Å². The SMILES string of the molecule is CCNC(=NCC(C)(O)c1cnn(C)c1)NCCOc1ccc(Cl)cc1.I. The molecule has 27 heavy (non-hydrogen) atoms. The first-order chi connectivity index (χ1) is 12.4. The molecule has 0 aliphatic carbocycles. The highest BCUT2D eigenvalue weighted by Crippen LogP contribution is 2.19. The lowest BCUT2D eigenvalue weighted by Crippen LogP contribution is -2.40. The summed E-state index contributed by atoms with van der Waals surface area (Å²) in [4.78, 5) is 4.46. The number of guanidine groups is 1. The molecule has 2 aromatic rings. The fourth-order valence-corrected chi connectivity index (χ4v) is 2.36. The molecule has 0 saturated carbocycles. The highest BCUT2D eigenvalue weighted by Gasteiger charge is 2.24. The number of ether oxygens (including phenoxy) is 1. The third-order valence-corrected chi connectivity index (χ3v) is 3.94. The average molecular weight is 508 g/mol. The number of hydrogen-bond acceptors (Lipinski definition) is 4. The fraction of sp³-hybridized carbons (Fsp3) is 0.444. The topological polar surface area (TPSA) is 83.7 Å². The molecule has 0 saturated heterocycles. The monoisotopic (exact) mass is 507 g/mol. The molecule has 150 valence electrons. The van der Waals surface area contributed by atoms with Crippen molar-refractivity contribution >= 4 is 41.5 Å². The fourth-order valence-electron chi connectivity index (χ4n) is 2.23. The molecule has 0 spiro atoms. The van der Waals surface area contributed by atoms with Crippen molar-refractivity contribution in [3.8, 4) is 5.75 Å². The summed E-state index contributed by atoms with van der Waals surface area (Å²) in [6.07, 6.45) is 3.44. The Labute approximate surface area is 182 Å². The number of halogens is 2. The van der Waals surface area contributed by atoms with E-state index in [2.05, 4.69) is 20.7 Å². The second kappa shape index (κ2) is 11.4. The first-order valence-electron chi connectivity index (χ1n) is 8.53. The summed E-state index contributed by atoms with van der Waals surface area (Å²) in [5.74, 6) is 1.38. The second-order valence-corrected chi connectivity index (χ2v) is 6.54. The first kappa shape index (κ1) is 23.5. The molecule has 1 unspecified atom stereocenters. The van der Waals surface area contributed by atoms with Gasteiger partial charge in [0, 0.05) is 30.4 Å². The molecule has 0 fully saturated rings. The van der Waals surface area contributed by atoms with Gasteiger partial charge in [0.15, 0.2) is 5.96 Å². The maximum Gasteiger partial charge on any atom is 0.191 e. The Morgan fingerprint density at radius 3 is 2.63 bits per heavy atom. The predicted molar refractivity (Wildman–Crippen MR) is 119 cm³/mol. The van der Waals surface area contributed by atoms with Gasteiger partial charge in [0.05, 0.1) is 19.3 Å². The molecule has 0 bridgehead atoms. The Balaban J connectivity index is 0.00000364. The van der Waals surface area contributed by atoms with E-state index in [0.717, 1.165) is 17.9 Å². The smallest absolute Gasteiger partial charge is 0.191 e. The highest BCUT2D eigenvalue weighted by atomic mass is 127. The Kier molecular flexibility index (Phi) is 9.89. The molecule has 0 aliphatic heterocycles. The number of aliphatic hydroxyl groups is 1. The van der Waals surface area contributed by atoms with Crippen LogP contribution in [0.3, 0.4) is 0 Å². The van der Waals surface area contributed by atoms with E-state index in [0.29, 0.717) is 24.1 Å². The Morgan fingerprint density at radius 2 is 2.04 bits per heavy atom. The lowest BCUT2D eigenvalue weighted by Gasteiger charge is -2.20. The summed E-state index contributed by atoms with van der Waals surface area (Å²) in [5, 5.41) is 21.7. The van der Waals surface area contributed by atoms with E-state index >= 15 is 0 Å². The lowest BCUT2D eigenvalue weighted by molar-refractivity contribution is 0.0672. The van der Waals surface area contributed by atoms with Gasteiger partial charge in [0.1, 0.15) is 18.0 Å². The minimum Gasteiger partial charge on any atom is -0.492 e. The molecule has 1 atom stereocenters. The van der Waals surface area contributed by atoms with Gasteiger partial charge in [0.25, 0.3) is 0 Å². The molecule has 1 aromatic heterocycles. The highest BCUT2D eigenvalue weighted by molar-refractivity contribution is 14.0. The van der Waals surface area contributed by atoms with Crippen LogP contribution in [0.4, 0.5) is 0 Å². The number of aliphatic imine (C=N–C) groups is 1. The van der Waals surface area contributed by atoms with Crippen LogP contribution >= 0.6 is 35.6 Å². The van der Waals surface area contributed by atoms with Crippen molar-refractivity contribution in [2.45, 2.75) is 19.4 Å². The van der Waals surface area contributed by atoms with Crippen LogP contribution in [0.25, 0.3) is 0 Å². The summed E-state index contributed by atoms with van der Waals surface area (Å²) >= 11 is 5.85. The number of hydrogen-bond donors (Lipinski definition) is 3. The number of nitrogens with zero attached hydrogens (tertiary/aromatic N) is 3. The van der Waals surface area contributed by atoms with Gasteiger partial charge >= 0.3 is 0 Å². The molecule has 0 radical (unpaired) electrons. The zero-order valence-corrected chi connectivity index (χ0v) is 18.9. The lowest BCUT2D eigenvalue weighted by atomic mass is 10.0. The molecule has 7 nitrogen and oxygen atoms in total. The average Bonchev–Trinajstić information content (AvgIpc) is 3.05. The van der Waals surface area contributed by atoms with Crippen molar-refractivity contribution in [2.24, 2.45) is 12.0 Å². The molecule has 1 aromatic carbocycles. The van der Waals surface area contributed by atoms with Crippen molar-refractivity contribution in [3.63, 3.8) is 0 Å². The van der Waals surface area contributed by atoms with Crippen LogP contribution < -0.4 is 15.4 Å². The van der Waals surface area contributed by atoms with E-state index in [4.69, 9.17) is 16.3 Å². The quantitative estimate of drug-likeness (QED) is 0.221. The summed E-state index contributed by atoms with van der Waals surface area (Å²) in [7, 11) is 1.81. The van der Waals surface area contributed by atoms with Crippen LogP contribution in [0.5, 0.6) is 5.75 Å². The second-order valence-electron chi connectivity index (χ2n) is 6.10. The molecular weight excluding hydrogens is 481 g/mol. The first-order valence-corrected chi connectivity index (χ1v) is 8.90. The van der Waals surface area contributed by atoms with Gasteiger partial charge in [-0.25, -0.2) is 4.99 Å². The van der Waals surface area contributed by atoms with Crippen molar-refractivity contribution in [1.82, 2.24) is 20.4 Å². The van der Waals surface area contributed by atoms with E-state index in [1.54, 1.807) is 36.1 Å². The molecule has 9 heteroatoms. The van der Waals surface area contributed by atoms with Crippen LogP contribution in [0.15, 0.2) is 41.7 Å². The molecule has 1 heterocycles. The number of benzene rings is 1. The van der Waals surface area contributed by atoms with Crippen molar-refractivity contribution < 1.29 is 9.84 Å². The summed E-state index contributed by atoms with van der Waals surface area (Å²) in [6, 6.07) is 7.23. The van der Waals surface area contributed by atoms with Crippen LogP contribution in [-0.4, -0.2) is 47.1 Å². The largest absolute Gasteiger partial charge is 0.492 e. The standard InChI is InChI=1S/C18H26ClN5O2.HI/c1-4-20-17(21-9-10-26-16-7-5-15(19)6-8-16)22-13-18(2,25)14-11-23-24(3)12-14;/h5-8,11-12,25H,4,9-10,13H2,1-3H3,(H2,20,21,22);1H. The van der Waals surface area contributed by atoms with E-state index in [-0.39, 0.29) is 30.5 Å². The zero-order valence-electron chi connectivity index (χ0n) is 15.8. The van der Waals surface area contributed by atoms with Crippen molar-refractivity contribution in [2.75, 3.05) is 26.2 Å². The van der Waals surface area contributed by atoms with E-state index in [1.807, 2.05) is 26.1 Å². The summed E-state index contributed by atoms with van der Waals surface area (Å²) in [6.45, 7) is 5.70. The number of aryl methyl sites for hydroxylation is 1. The minimum absolute atomic E-state index is 0. The number of aromatic nitrogens is 2. The van der Waals surface area contributed by atoms with Crippen LogP contribution in [0, 0.1) is 0 Å². The van der Waals surface area contributed by atoms with Gasteiger partial charge in [0.2, 0.25) is 0 Å². The van der Waals surface area contributed by atoms with Gasteiger partial charge in [-0.2, -0.15) is 5.10 Å². The molecule has 2 rings (SSSR count). The number of rotatable bonds is 8. The molecule has 0 amide bonds. The van der Waals surface area contributed by atoms with E-state index in [1.165, 1.54) is 0 Å². The normalized spacial score (nSPS) is 13.4. The molecule has 0 aliphatic rings. The zero-order chi connectivity index (χ0) is 19.0. The third kappa shape index (κ3) is 7.94. The predicted octanol–water partition coefficient (Wildman–Crippen LogP) is 2.53. The Bertz CT molecular complexity index is 719. The maximum atomic E-state index is 10.6. The summed E-state index contributed by atoms with van der Waals surface area (Å²) < 4.78 is 7.30. The maximum absolute atomic E-state index is 10.6. The van der Waals surface area contributed by atoms with Gasteiger partial charge in [-0.05, 0) is 38.1 Å². The van der Waals surface area contributed by atoms with Crippen molar-refractivity contribution in [1.29, 1.82) is 0 Å². The molecular formula is C18H27ClIN5O2.